The molecule has 0 heterocycles. The van der Waals surface area contributed by atoms with Crippen molar-refractivity contribution in [2.45, 2.75) is 14.8 Å². The van der Waals surface area contributed by atoms with Gasteiger partial charge in [0.2, 0.25) is 0 Å². The van der Waals surface area contributed by atoms with Gasteiger partial charge in [0.25, 0.3) is 0 Å². The maximum atomic E-state index is 8.04. The van der Waals surface area contributed by atoms with Gasteiger partial charge in [0.1, 0.15) is 0 Å². The van der Waals surface area contributed by atoms with E-state index in [0.29, 0.717) is 0 Å². The standard InChI is InChI=1S/C3N.3CH3.Sn/c1-2-3-4;;;;/h;3*1H3;. The van der Waals surface area contributed by atoms with E-state index < -0.39 is 18.4 Å². The van der Waals surface area contributed by atoms with E-state index in [9.17, 15) is 0 Å². The van der Waals surface area contributed by atoms with E-state index in [0.717, 1.165) is 0 Å². The molecule has 0 radical (unpaired) electrons. The third kappa shape index (κ3) is 5.85. The van der Waals surface area contributed by atoms with Crippen molar-refractivity contribution in [1.82, 2.24) is 0 Å². The third-order valence-corrected chi connectivity index (χ3v) is 2.99. The number of rotatable bonds is 0. The van der Waals surface area contributed by atoms with Gasteiger partial charge in [-0.05, 0) is 0 Å². The van der Waals surface area contributed by atoms with Crippen molar-refractivity contribution >= 4 is 18.4 Å². The Morgan fingerprint density at radius 3 is 1.88 bits per heavy atom. The average Bonchev–Trinajstić information content (AvgIpc) is 1.59. The Morgan fingerprint density at radius 2 is 1.75 bits per heavy atom. The molecule has 0 amide bonds. The Bertz CT molecular complexity index is 160. The van der Waals surface area contributed by atoms with Crippen LogP contribution in [0.4, 0.5) is 0 Å². The second kappa shape index (κ2) is 2.99. The molecule has 2 heteroatoms. The Morgan fingerprint density at radius 1 is 1.25 bits per heavy atom. The summed E-state index contributed by atoms with van der Waals surface area (Å²) in [5.41, 5.74) is 0. The molecule has 0 fully saturated rings. The van der Waals surface area contributed by atoms with Crippen molar-refractivity contribution in [2.24, 2.45) is 0 Å². The van der Waals surface area contributed by atoms with Gasteiger partial charge in [-0.1, -0.05) is 0 Å². The summed E-state index contributed by atoms with van der Waals surface area (Å²) < 4.78 is 2.97. The van der Waals surface area contributed by atoms with E-state index >= 15 is 0 Å². The summed E-state index contributed by atoms with van der Waals surface area (Å²) in [6.45, 7) is 0. The Balaban J connectivity index is 3.93. The summed E-state index contributed by atoms with van der Waals surface area (Å²) >= 11 is -1.89. The van der Waals surface area contributed by atoms with Crippen molar-refractivity contribution in [3.05, 3.63) is 0 Å². The Hall–Kier alpha value is -0.151. The number of hydrogen-bond acceptors (Lipinski definition) is 1. The van der Waals surface area contributed by atoms with Crippen LogP contribution in [0.25, 0.3) is 0 Å². The summed E-state index contributed by atoms with van der Waals surface area (Å²) in [5, 5.41) is 8.04. The van der Waals surface area contributed by atoms with Crippen LogP contribution in [0.15, 0.2) is 0 Å². The van der Waals surface area contributed by atoms with Crippen LogP contribution in [0.3, 0.4) is 0 Å². The molecule has 0 aliphatic heterocycles. The first-order chi connectivity index (χ1) is 3.56. The van der Waals surface area contributed by atoms with Crippen LogP contribution in [0.2, 0.25) is 14.8 Å². The van der Waals surface area contributed by atoms with Crippen molar-refractivity contribution in [2.75, 3.05) is 0 Å². The van der Waals surface area contributed by atoms with Gasteiger partial charge in [0.05, 0.1) is 0 Å². The first-order valence-electron chi connectivity index (χ1n) is 2.47. The predicted molar refractivity (Wildman–Crippen MR) is 36.7 cm³/mol. The van der Waals surface area contributed by atoms with E-state index in [-0.39, 0.29) is 0 Å². The van der Waals surface area contributed by atoms with Crippen molar-refractivity contribution < 1.29 is 0 Å². The molecule has 0 atom stereocenters. The van der Waals surface area contributed by atoms with E-state index in [1.807, 2.05) is 6.07 Å². The zero-order valence-corrected chi connectivity index (χ0v) is 8.30. The van der Waals surface area contributed by atoms with Gasteiger partial charge in [0, 0.05) is 0 Å². The van der Waals surface area contributed by atoms with Gasteiger partial charge >= 0.3 is 54.4 Å². The fraction of sp³-hybridized carbons (Fsp3) is 0.500. The van der Waals surface area contributed by atoms with Gasteiger partial charge in [-0.25, -0.2) is 0 Å². The van der Waals surface area contributed by atoms with Gasteiger partial charge in [-0.3, -0.25) is 0 Å². The topological polar surface area (TPSA) is 23.8 Å². The molecule has 42 valence electrons. The second-order valence-corrected chi connectivity index (χ2v) is 16.2. The van der Waals surface area contributed by atoms with Crippen molar-refractivity contribution in [3.63, 3.8) is 0 Å². The summed E-state index contributed by atoms with van der Waals surface area (Å²) in [6.07, 6.45) is 0. The molecule has 0 N–H and O–H groups in total. The molecular formula is C6H9NSn. The van der Waals surface area contributed by atoms with Gasteiger partial charge in [-0.15, -0.1) is 0 Å². The third-order valence-electron chi connectivity index (χ3n) is 0.493. The van der Waals surface area contributed by atoms with Crippen LogP contribution in [-0.2, 0) is 0 Å². The van der Waals surface area contributed by atoms with Crippen molar-refractivity contribution in [3.8, 4) is 15.9 Å². The zero-order valence-electron chi connectivity index (χ0n) is 5.45. The molecule has 0 aromatic rings. The molecule has 0 aliphatic rings. The second-order valence-electron chi connectivity index (χ2n) is 2.61. The predicted octanol–water partition coefficient (Wildman–Crippen LogP) is 1.39. The molecule has 0 aromatic carbocycles. The fourth-order valence-corrected chi connectivity index (χ4v) is 1.45. The number of hydrogen-bond donors (Lipinski definition) is 0. The first-order valence-corrected chi connectivity index (χ1v) is 12.5. The van der Waals surface area contributed by atoms with E-state index in [4.69, 9.17) is 5.26 Å². The molecule has 8 heavy (non-hydrogen) atoms. The molecule has 0 aliphatic carbocycles. The molecule has 0 unspecified atom stereocenters. The van der Waals surface area contributed by atoms with Crippen LogP contribution in [0, 0.1) is 21.2 Å². The molecular weight excluding hydrogens is 205 g/mol. The monoisotopic (exact) mass is 215 g/mol. The summed E-state index contributed by atoms with van der Waals surface area (Å²) in [4.78, 5) is 6.54. The molecule has 0 saturated heterocycles. The summed E-state index contributed by atoms with van der Waals surface area (Å²) in [5.74, 6) is 2.44. The van der Waals surface area contributed by atoms with Crippen LogP contribution in [0.1, 0.15) is 0 Å². The Kier molecular flexibility index (Phi) is 2.94. The van der Waals surface area contributed by atoms with Crippen LogP contribution >= 0.6 is 0 Å². The van der Waals surface area contributed by atoms with Gasteiger partial charge in [0.15, 0.2) is 0 Å². The molecule has 0 bridgehead atoms. The number of nitriles is 1. The zero-order chi connectivity index (χ0) is 6.62. The first kappa shape index (κ1) is 7.85. The fourth-order valence-electron chi connectivity index (χ4n) is 0.215. The maximum absolute atomic E-state index is 8.04. The normalized spacial score (nSPS) is 8.75. The van der Waals surface area contributed by atoms with Gasteiger partial charge in [-0.2, -0.15) is 0 Å². The molecule has 0 saturated carbocycles. The minimum atomic E-state index is -1.89. The molecule has 0 aromatic heterocycles. The Labute approximate surface area is 54.6 Å². The van der Waals surface area contributed by atoms with Crippen LogP contribution in [0.5, 0.6) is 0 Å². The minimum absolute atomic E-state index is 1.82. The van der Waals surface area contributed by atoms with Crippen LogP contribution < -0.4 is 0 Å². The molecule has 0 spiro atoms. The van der Waals surface area contributed by atoms with E-state index in [1.54, 1.807) is 0 Å². The SMILES string of the molecule is [CH3][Sn]([CH3])([CH3])[C]#CC#N. The number of nitrogens with zero attached hydrogens (tertiary/aromatic N) is 1. The molecule has 0 rings (SSSR count). The summed E-state index contributed by atoms with van der Waals surface area (Å²) in [6, 6.07) is 1.82. The average molecular weight is 214 g/mol. The van der Waals surface area contributed by atoms with E-state index in [2.05, 4.69) is 24.7 Å². The van der Waals surface area contributed by atoms with Gasteiger partial charge < -0.3 is 0 Å². The van der Waals surface area contributed by atoms with Crippen LogP contribution in [-0.4, -0.2) is 18.4 Å². The quantitative estimate of drug-likeness (QED) is 0.441. The molecule has 1 nitrogen and oxygen atoms in total. The van der Waals surface area contributed by atoms with E-state index in [1.165, 1.54) is 0 Å². The van der Waals surface area contributed by atoms with Crippen molar-refractivity contribution in [1.29, 1.82) is 5.26 Å². The summed E-state index contributed by atoms with van der Waals surface area (Å²) in [7, 11) is 0.